The summed E-state index contributed by atoms with van der Waals surface area (Å²) < 4.78 is 23.8. The van der Waals surface area contributed by atoms with E-state index in [1.54, 1.807) is 25.3 Å². The average Bonchev–Trinajstić information content (AvgIpc) is 2.44. The van der Waals surface area contributed by atoms with Crippen LogP contribution in [0.2, 0.25) is 5.02 Å². The summed E-state index contributed by atoms with van der Waals surface area (Å²) in [7, 11) is 1.58. The van der Waals surface area contributed by atoms with E-state index in [-0.39, 0.29) is 10.8 Å². The van der Waals surface area contributed by atoms with Gasteiger partial charge < -0.3 is 14.6 Å². The first kappa shape index (κ1) is 14.6. The Labute approximate surface area is 121 Å². The molecule has 0 atom stereocenters. The van der Waals surface area contributed by atoms with Gasteiger partial charge in [0.05, 0.1) is 11.6 Å². The third-order valence-electron chi connectivity index (χ3n) is 2.76. The quantitative estimate of drug-likeness (QED) is 0.851. The van der Waals surface area contributed by atoms with Gasteiger partial charge in [-0.15, -0.1) is 0 Å². The average molecular weight is 297 g/mol. The molecule has 0 aliphatic heterocycles. The minimum absolute atomic E-state index is 0.0514. The maximum atomic E-state index is 13.3. The number of aromatic hydroxyl groups is 1. The summed E-state index contributed by atoms with van der Waals surface area (Å²) in [5.74, 6) is -0.275. The molecule has 0 bridgehead atoms. The van der Waals surface area contributed by atoms with Crippen LogP contribution >= 0.6 is 11.6 Å². The number of rotatable bonds is 5. The van der Waals surface area contributed by atoms with Gasteiger partial charge in [0.2, 0.25) is 0 Å². The minimum Gasteiger partial charge on any atom is -0.507 e. The minimum atomic E-state index is -0.661. The van der Waals surface area contributed by atoms with Crippen LogP contribution in [0.4, 0.5) is 4.39 Å². The number of phenols is 1. The molecule has 0 heterocycles. The van der Waals surface area contributed by atoms with Crippen LogP contribution in [0, 0.1) is 5.82 Å². The molecule has 3 nitrogen and oxygen atoms in total. The van der Waals surface area contributed by atoms with Gasteiger partial charge in [0, 0.05) is 24.3 Å². The van der Waals surface area contributed by atoms with Crippen molar-refractivity contribution in [2.75, 3.05) is 20.3 Å². The fraction of sp³-hybridized carbons (Fsp3) is 0.200. The number of hydrogen-bond donors (Lipinski definition) is 1. The molecule has 0 aliphatic rings. The van der Waals surface area contributed by atoms with E-state index in [1.165, 1.54) is 6.07 Å². The summed E-state index contributed by atoms with van der Waals surface area (Å²) in [6, 6.07) is 9.52. The Morgan fingerprint density at radius 2 is 1.90 bits per heavy atom. The fourth-order valence-electron chi connectivity index (χ4n) is 1.80. The zero-order valence-electron chi connectivity index (χ0n) is 10.9. The van der Waals surface area contributed by atoms with E-state index in [9.17, 15) is 9.50 Å². The van der Waals surface area contributed by atoms with Crippen LogP contribution in [0.25, 0.3) is 11.1 Å². The number of methoxy groups -OCH3 is 1. The van der Waals surface area contributed by atoms with Gasteiger partial charge >= 0.3 is 0 Å². The first-order valence-corrected chi connectivity index (χ1v) is 6.40. The lowest BCUT2D eigenvalue weighted by Crippen LogP contribution is -2.05. The zero-order valence-corrected chi connectivity index (χ0v) is 11.7. The zero-order chi connectivity index (χ0) is 14.5. The smallest absolute Gasteiger partial charge is 0.145 e. The van der Waals surface area contributed by atoms with Crippen molar-refractivity contribution in [3.8, 4) is 22.6 Å². The van der Waals surface area contributed by atoms with Gasteiger partial charge in [0.15, 0.2) is 0 Å². The molecule has 1 N–H and O–H groups in total. The molecular formula is C15H14ClFO3. The first-order valence-electron chi connectivity index (χ1n) is 6.02. The molecule has 20 heavy (non-hydrogen) atoms. The van der Waals surface area contributed by atoms with E-state index in [0.29, 0.717) is 30.1 Å². The van der Waals surface area contributed by atoms with Gasteiger partial charge in [-0.1, -0.05) is 29.8 Å². The van der Waals surface area contributed by atoms with Crippen molar-refractivity contribution in [2.24, 2.45) is 0 Å². The Morgan fingerprint density at radius 1 is 1.15 bits per heavy atom. The monoisotopic (exact) mass is 296 g/mol. The molecule has 2 rings (SSSR count). The number of ether oxygens (including phenoxy) is 2. The SMILES string of the molecule is COCCOc1ccccc1-c1cc(Cl)c(F)cc1O. The van der Waals surface area contributed by atoms with Crippen LogP contribution in [0.3, 0.4) is 0 Å². The fourth-order valence-corrected chi connectivity index (χ4v) is 1.97. The molecule has 0 unspecified atom stereocenters. The third kappa shape index (κ3) is 3.21. The molecular weight excluding hydrogens is 283 g/mol. The molecule has 2 aromatic rings. The number of halogens is 2. The maximum absolute atomic E-state index is 13.3. The van der Waals surface area contributed by atoms with E-state index in [2.05, 4.69) is 0 Å². The van der Waals surface area contributed by atoms with Gasteiger partial charge in [-0.05, 0) is 12.1 Å². The van der Waals surface area contributed by atoms with E-state index >= 15 is 0 Å². The number of hydrogen-bond acceptors (Lipinski definition) is 3. The lowest BCUT2D eigenvalue weighted by atomic mass is 10.0. The van der Waals surface area contributed by atoms with Crippen molar-refractivity contribution < 1.29 is 19.0 Å². The Balaban J connectivity index is 2.39. The topological polar surface area (TPSA) is 38.7 Å². The molecule has 0 spiro atoms. The van der Waals surface area contributed by atoms with Crippen LogP contribution in [-0.4, -0.2) is 25.4 Å². The van der Waals surface area contributed by atoms with Gasteiger partial charge in [0.1, 0.15) is 23.9 Å². The van der Waals surface area contributed by atoms with Crippen molar-refractivity contribution in [1.29, 1.82) is 0 Å². The lowest BCUT2D eigenvalue weighted by Gasteiger charge is -2.13. The molecule has 2 aromatic carbocycles. The van der Waals surface area contributed by atoms with Crippen LogP contribution in [0.15, 0.2) is 36.4 Å². The summed E-state index contributed by atoms with van der Waals surface area (Å²) in [5.41, 5.74) is 1.06. The van der Waals surface area contributed by atoms with E-state index in [1.807, 2.05) is 6.07 Å². The van der Waals surface area contributed by atoms with Gasteiger partial charge in [0.25, 0.3) is 0 Å². The van der Waals surface area contributed by atoms with E-state index in [0.717, 1.165) is 6.07 Å². The van der Waals surface area contributed by atoms with Crippen molar-refractivity contribution in [3.05, 3.63) is 47.2 Å². The van der Waals surface area contributed by atoms with E-state index in [4.69, 9.17) is 21.1 Å². The Morgan fingerprint density at radius 3 is 2.65 bits per heavy atom. The molecule has 106 valence electrons. The van der Waals surface area contributed by atoms with Gasteiger partial charge in [-0.3, -0.25) is 0 Å². The van der Waals surface area contributed by atoms with Crippen molar-refractivity contribution in [1.82, 2.24) is 0 Å². The predicted molar refractivity (Wildman–Crippen MR) is 75.9 cm³/mol. The van der Waals surface area contributed by atoms with Crippen LogP contribution in [0.5, 0.6) is 11.5 Å². The van der Waals surface area contributed by atoms with Crippen molar-refractivity contribution in [3.63, 3.8) is 0 Å². The predicted octanol–water partition coefficient (Wildman–Crippen LogP) is 3.88. The van der Waals surface area contributed by atoms with Gasteiger partial charge in [-0.25, -0.2) is 4.39 Å². The second kappa shape index (κ2) is 6.59. The summed E-state index contributed by atoms with van der Waals surface area (Å²) >= 11 is 5.77. The number of para-hydroxylation sites is 1. The van der Waals surface area contributed by atoms with Crippen LogP contribution in [-0.2, 0) is 4.74 Å². The lowest BCUT2D eigenvalue weighted by molar-refractivity contribution is 0.146. The third-order valence-corrected chi connectivity index (χ3v) is 3.05. The highest BCUT2D eigenvalue weighted by molar-refractivity contribution is 6.31. The molecule has 0 amide bonds. The Kier molecular flexibility index (Phi) is 4.82. The highest BCUT2D eigenvalue weighted by atomic mass is 35.5. The summed E-state index contributed by atoms with van der Waals surface area (Å²) in [6.45, 7) is 0.827. The molecule has 0 fully saturated rings. The molecule has 0 aliphatic carbocycles. The Bertz CT molecular complexity index is 602. The van der Waals surface area contributed by atoms with Crippen molar-refractivity contribution in [2.45, 2.75) is 0 Å². The highest BCUT2D eigenvalue weighted by Crippen LogP contribution is 2.38. The number of phenolic OH excluding ortho intramolecular Hbond substituents is 1. The van der Waals surface area contributed by atoms with E-state index < -0.39 is 5.82 Å². The summed E-state index contributed by atoms with van der Waals surface area (Å²) in [4.78, 5) is 0. The molecule has 5 heteroatoms. The summed E-state index contributed by atoms with van der Waals surface area (Å²) in [6.07, 6.45) is 0. The largest absolute Gasteiger partial charge is 0.507 e. The Hall–Kier alpha value is -1.78. The molecule has 0 saturated carbocycles. The standard InChI is InChI=1S/C15H14ClFO3/c1-19-6-7-20-15-5-3-2-4-10(15)11-8-12(16)13(17)9-14(11)18/h2-5,8-9,18H,6-7H2,1H3. The van der Waals surface area contributed by atoms with Crippen LogP contribution in [0.1, 0.15) is 0 Å². The summed E-state index contributed by atoms with van der Waals surface area (Å²) in [5, 5.41) is 9.83. The maximum Gasteiger partial charge on any atom is 0.145 e. The second-order valence-corrected chi connectivity index (χ2v) is 4.53. The van der Waals surface area contributed by atoms with Gasteiger partial charge in [-0.2, -0.15) is 0 Å². The first-order chi connectivity index (χ1) is 9.63. The number of benzene rings is 2. The normalized spacial score (nSPS) is 10.6. The molecule has 0 radical (unpaired) electrons. The highest BCUT2D eigenvalue weighted by Gasteiger charge is 2.13. The molecule has 0 saturated heterocycles. The second-order valence-electron chi connectivity index (χ2n) is 4.12. The van der Waals surface area contributed by atoms with Crippen LogP contribution < -0.4 is 4.74 Å². The molecule has 0 aromatic heterocycles. The van der Waals surface area contributed by atoms with Crippen molar-refractivity contribution >= 4 is 11.6 Å².